The Labute approximate surface area is 184 Å². The fraction of sp³-hybridized carbons (Fsp3) is 0.920. The molecule has 0 aromatic carbocycles. The van der Waals surface area contributed by atoms with Crippen molar-refractivity contribution in [1.29, 1.82) is 0 Å². The van der Waals surface area contributed by atoms with Crippen LogP contribution in [0.2, 0.25) is 0 Å². The van der Waals surface area contributed by atoms with Crippen LogP contribution >= 0.6 is 0 Å². The van der Waals surface area contributed by atoms with Gasteiger partial charge in [-0.15, -0.1) is 0 Å². The van der Waals surface area contributed by atoms with Crippen molar-refractivity contribution >= 4 is 11.8 Å². The lowest BCUT2D eigenvalue weighted by Crippen LogP contribution is -2.63. The highest BCUT2D eigenvalue weighted by Gasteiger charge is 2.96. The first kappa shape index (κ1) is 20.6. The smallest absolute Gasteiger partial charge is 0.341 e. The molecule has 172 valence electrons. The minimum Gasteiger partial charge on any atom is -0.430 e. The SMILES string of the molecule is CC(=O)CCC[C@]1(C)C[C@@]23OC[C@@]4(CC[C@]5(C(C)C)C[C@@H]54)[C@@]24C[C@@]1(O)O[C@@]4(C)C(=O)O3. The number of esters is 1. The summed E-state index contributed by atoms with van der Waals surface area (Å²) in [6.45, 7) is 10.7. The van der Waals surface area contributed by atoms with Gasteiger partial charge in [-0.2, -0.15) is 0 Å². The number of aliphatic hydroxyl groups is 1. The molecule has 6 aliphatic rings. The van der Waals surface area contributed by atoms with Crippen LogP contribution in [0.5, 0.6) is 0 Å². The predicted molar refractivity (Wildman–Crippen MR) is 111 cm³/mol. The van der Waals surface area contributed by atoms with Crippen molar-refractivity contribution in [2.75, 3.05) is 6.61 Å². The molecule has 3 aliphatic heterocycles. The average Bonchev–Trinajstić information content (AvgIpc) is 3.08. The Hall–Kier alpha value is -0.980. The van der Waals surface area contributed by atoms with Crippen molar-refractivity contribution in [3.63, 3.8) is 0 Å². The quantitative estimate of drug-likeness (QED) is 0.667. The Morgan fingerprint density at radius 1 is 1.23 bits per heavy atom. The lowest BCUT2D eigenvalue weighted by Gasteiger charge is -2.54. The molecule has 2 spiro atoms. The molecular formula is C25H36O6. The van der Waals surface area contributed by atoms with Gasteiger partial charge in [-0.05, 0) is 63.2 Å². The standard InChI is InChI=1S/C25H36O6/c1-15(2)21-9-10-22(17(21)11-21)14-29-25-12-19(4,8-6-7-16(3)26)24(28)13-23(22,25)20(5,31-24)18(27)30-25/h15,17,28H,6-14H2,1-5H3/t17-,19+,20-,21+,22+,23-,24+,25-/m0/s1. The summed E-state index contributed by atoms with van der Waals surface area (Å²) in [5.41, 5.74) is -2.37. The van der Waals surface area contributed by atoms with Gasteiger partial charge in [-0.3, -0.25) is 0 Å². The number of ketones is 1. The third kappa shape index (κ3) is 1.88. The monoisotopic (exact) mass is 432 g/mol. The first-order valence-electron chi connectivity index (χ1n) is 12.2. The van der Waals surface area contributed by atoms with Crippen LogP contribution in [-0.4, -0.2) is 40.6 Å². The van der Waals surface area contributed by atoms with E-state index < -0.39 is 28.0 Å². The van der Waals surface area contributed by atoms with Crippen LogP contribution in [-0.2, 0) is 23.8 Å². The molecule has 0 aromatic rings. The van der Waals surface area contributed by atoms with Gasteiger partial charge in [0.1, 0.15) is 5.78 Å². The van der Waals surface area contributed by atoms with Gasteiger partial charge in [-0.1, -0.05) is 20.8 Å². The van der Waals surface area contributed by atoms with E-state index in [1.54, 1.807) is 6.92 Å². The number of Topliss-reactive ketones (excluding diaryl/α,β-unsaturated/α-hetero) is 1. The van der Waals surface area contributed by atoms with Gasteiger partial charge in [0, 0.05) is 30.1 Å². The molecule has 0 aromatic heterocycles. The van der Waals surface area contributed by atoms with Gasteiger partial charge in [0.15, 0.2) is 11.4 Å². The maximum absolute atomic E-state index is 13.3. The summed E-state index contributed by atoms with van der Waals surface area (Å²) in [5.74, 6) is -1.61. The Morgan fingerprint density at radius 2 is 1.97 bits per heavy atom. The van der Waals surface area contributed by atoms with Crippen molar-refractivity contribution in [2.45, 2.75) is 103 Å². The van der Waals surface area contributed by atoms with Gasteiger partial charge in [0.05, 0.1) is 12.0 Å². The molecule has 3 saturated heterocycles. The van der Waals surface area contributed by atoms with Crippen LogP contribution in [0.4, 0.5) is 0 Å². The number of hydrogen-bond donors (Lipinski definition) is 1. The Balaban J connectivity index is 1.46. The normalized spacial score (nSPS) is 58.0. The molecular weight excluding hydrogens is 396 g/mol. The molecule has 0 amide bonds. The van der Waals surface area contributed by atoms with E-state index in [0.717, 1.165) is 12.8 Å². The summed E-state index contributed by atoms with van der Waals surface area (Å²) in [5, 5.41) is 12.0. The van der Waals surface area contributed by atoms with E-state index >= 15 is 0 Å². The van der Waals surface area contributed by atoms with E-state index in [1.165, 1.54) is 6.42 Å². The van der Waals surface area contributed by atoms with E-state index in [9.17, 15) is 14.7 Å². The van der Waals surface area contributed by atoms with Gasteiger partial charge in [-0.25, -0.2) is 4.79 Å². The zero-order chi connectivity index (χ0) is 22.3. The second-order valence-electron chi connectivity index (χ2n) is 12.5. The van der Waals surface area contributed by atoms with Gasteiger partial charge >= 0.3 is 5.97 Å². The Bertz CT molecular complexity index is 900. The first-order valence-corrected chi connectivity index (χ1v) is 12.2. The van der Waals surface area contributed by atoms with E-state index in [4.69, 9.17) is 14.2 Å². The van der Waals surface area contributed by atoms with Crippen molar-refractivity contribution in [3.05, 3.63) is 0 Å². The number of ether oxygens (including phenoxy) is 3. The number of hydrogen-bond acceptors (Lipinski definition) is 6. The zero-order valence-electron chi connectivity index (χ0n) is 19.5. The summed E-state index contributed by atoms with van der Waals surface area (Å²) < 4.78 is 19.3. The highest BCUT2D eigenvalue weighted by molar-refractivity contribution is 5.85. The summed E-state index contributed by atoms with van der Waals surface area (Å²) >= 11 is 0. The predicted octanol–water partition coefficient (Wildman–Crippen LogP) is 3.74. The zero-order valence-corrected chi connectivity index (χ0v) is 19.5. The van der Waals surface area contributed by atoms with E-state index in [2.05, 4.69) is 13.8 Å². The van der Waals surface area contributed by atoms with Crippen molar-refractivity contribution < 1.29 is 28.9 Å². The molecule has 0 radical (unpaired) electrons. The molecule has 3 aliphatic carbocycles. The Kier molecular flexibility index (Phi) is 3.58. The molecule has 6 heteroatoms. The summed E-state index contributed by atoms with van der Waals surface area (Å²) in [7, 11) is 0. The molecule has 31 heavy (non-hydrogen) atoms. The molecule has 2 bridgehead atoms. The molecule has 0 unspecified atom stereocenters. The van der Waals surface area contributed by atoms with E-state index in [0.29, 0.717) is 56.0 Å². The number of carbonyl (C=O) groups excluding carboxylic acids is 2. The van der Waals surface area contributed by atoms with Crippen LogP contribution in [0.15, 0.2) is 0 Å². The summed E-state index contributed by atoms with van der Waals surface area (Å²) in [4.78, 5) is 24.9. The lowest BCUT2D eigenvalue weighted by atomic mass is 9.46. The fourth-order valence-electron chi connectivity index (χ4n) is 9.41. The number of carbonyl (C=O) groups is 2. The summed E-state index contributed by atoms with van der Waals surface area (Å²) in [6.07, 6.45) is 5.91. The highest BCUT2D eigenvalue weighted by atomic mass is 16.8. The minimum absolute atomic E-state index is 0.145. The number of fused-ring (bicyclic) bond motifs is 3. The second kappa shape index (κ2) is 5.39. The van der Waals surface area contributed by atoms with Gasteiger partial charge in [0.25, 0.3) is 0 Å². The van der Waals surface area contributed by atoms with Crippen LogP contribution in [0.25, 0.3) is 0 Å². The van der Waals surface area contributed by atoms with E-state index in [-0.39, 0.29) is 17.2 Å². The van der Waals surface area contributed by atoms with Gasteiger partial charge < -0.3 is 24.1 Å². The first-order chi connectivity index (χ1) is 14.4. The largest absolute Gasteiger partial charge is 0.430 e. The maximum atomic E-state index is 13.3. The van der Waals surface area contributed by atoms with E-state index in [1.807, 2.05) is 13.8 Å². The second-order valence-corrected chi connectivity index (χ2v) is 12.5. The molecule has 6 nitrogen and oxygen atoms in total. The topological polar surface area (TPSA) is 82.1 Å². The lowest BCUT2D eigenvalue weighted by molar-refractivity contribution is -0.324. The molecule has 6 fully saturated rings. The maximum Gasteiger partial charge on any atom is 0.341 e. The van der Waals surface area contributed by atoms with Crippen LogP contribution in [0.3, 0.4) is 0 Å². The molecule has 3 saturated carbocycles. The molecule has 1 N–H and O–H groups in total. The third-order valence-electron chi connectivity index (χ3n) is 11.2. The van der Waals surface area contributed by atoms with Crippen LogP contribution in [0, 0.1) is 33.5 Å². The molecule has 6 rings (SSSR count). The van der Waals surface area contributed by atoms with Crippen LogP contribution in [0.1, 0.15) is 86.0 Å². The third-order valence-corrected chi connectivity index (χ3v) is 11.2. The molecule has 3 heterocycles. The molecule has 8 atom stereocenters. The summed E-state index contributed by atoms with van der Waals surface area (Å²) in [6, 6.07) is 0. The number of rotatable bonds is 5. The fourth-order valence-corrected chi connectivity index (χ4v) is 9.41. The minimum atomic E-state index is -1.42. The Morgan fingerprint density at radius 3 is 2.58 bits per heavy atom. The average molecular weight is 433 g/mol. The van der Waals surface area contributed by atoms with Crippen molar-refractivity contribution in [3.8, 4) is 0 Å². The highest BCUT2D eigenvalue weighted by Crippen LogP contribution is 2.89. The van der Waals surface area contributed by atoms with Gasteiger partial charge in [0.2, 0.25) is 5.79 Å². The van der Waals surface area contributed by atoms with Crippen molar-refractivity contribution in [2.24, 2.45) is 33.5 Å². The van der Waals surface area contributed by atoms with Crippen molar-refractivity contribution in [1.82, 2.24) is 0 Å². The van der Waals surface area contributed by atoms with Crippen LogP contribution < -0.4 is 0 Å².